The number of rotatable bonds is 4. The van der Waals surface area contributed by atoms with Crippen molar-refractivity contribution in [1.82, 2.24) is 10.7 Å². The van der Waals surface area contributed by atoms with E-state index in [9.17, 15) is 5.11 Å². The van der Waals surface area contributed by atoms with Crippen molar-refractivity contribution in [1.29, 1.82) is 0 Å². The number of hydrazone groups is 1. The first kappa shape index (κ1) is 17.5. The van der Waals surface area contributed by atoms with Gasteiger partial charge in [0.1, 0.15) is 5.75 Å². The van der Waals surface area contributed by atoms with Gasteiger partial charge < -0.3 is 10.4 Å². The zero-order valence-electron chi connectivity index (χ0n) is 12.3. The van der Waals surface area contributed by atoms with Gasteiger partial charge in [-0.3, -0.25) is 5.43 Å². The van der Waals surface area contributed by atoms with Gasteiger partial charge in [0, 0.05) is 10.6 Å². The van der Waals surface area contributed by atoms with E-state index in [0.717, 1.165) is 5.56 Å². The molecule has 0 aliphatic rings. The van der Waals surface area contributed by atoms with E-state index in [0.29, 0.717) is 15.7 Å². The molecule has 0 saturated heterocycles. The van der Waals surface area contributed by atoms with E-state index in [1.165, 1.54) is 12.3 Å². The number of phenolic OH excluding ortho intramolecular Hbond substituents is 1. The second kappa shape index (κ2) is 8.15. The molecule has 23 heavy (non-hydrogen) atoms. The van der Waals surface area contributed by atoms with Crippen molar-refractivity contribution >= 4 is 46.7 Å². The number of thiocarbonyl (C=S) groups is 1. The standard InChI is InChI=1S/C16H15Cl2N3OS/c1-10(11-5-3-2-4-6-11)20-16(23)21-19-9-12-7-13(17)8-14(18)15(12)22/h2-10,22H,1H3,(H2,20,21,23)/b19-9-/t10-/m1/s1. The Morgan fingerprint density at radius 2 is 1.96 bits per heavy atom. The van der Waals surface area contributed by atoms with E-state index >= 15 is 0 Å². The molecule has 0 aliphatic carbocycles. The maximum atomic E-state index is 9.82. The third kappa shape index (κ3) is 5.10. The summed E-state index contributed by atoms with van der Waals surface area (Å²) in [6.07, 6.45) is 1.40. The van der Waals surface area contributed by atoms with Crippen LogP contribution >= 0.6 is 35.4 Å². The number of hydrogen-bond donors (Lipinski definition) is 3. The summed E-state index contributed by atoms with van der Waals surface area (Å²) in [6.45, 7) is 2.00. The Labute approximate surface area is 150 Å². The van der Waals surface area contributed by atoms with E-state index in [-0.39, 0.29) is 16.8 Å². The first-order valence-electron chi connectivity index (χ1n) is 6.80. The molecule has 0 unspecified atom stereocenters. The summed E-state index contributed by atoms with van der Waals surface area (Å²) in [7, 11) is 0. The van der Waals surface area contributed by atoms with Crippen molar-refractivity contribution in [2.45, 2.75) is 13.0 Å². The van der Waals surface area contributed by atoms with Gasteiger partial charge in [-0.2, -0.15) is 5.10 Å². The quantitative estimate of drug-likeness (QED) is 0.429. The smallest absolute Gasteiger partial charge is 0.187 e. The van der Waals surface area contributed by atoms with Crippen LogP contribution < -0.4 is 10.7 Å². The van der Waals surface area contributed by atoms with E-state index in [2.05, 4.69) is 15.8 Å². The lowest BCUT2D eigenvalue weighted by Gasteiger charge is -2.15. The fourth-order valence-corrected chi connectivity index (χ4v) is 2.64. The van der Waals surface area contributed by atoms with Gasteiger partial charge in [0.25, 0.3) is 0 Å². The Hall–Kier alpha value is -1.82. The van der Waals surface area contributed by atoms with Crippen molar-refractivity contribution in [2.75, 3.05) is 0 Å². The molecule has 1 atom stereocenters. The molecule has 3 N–H and O–H groups in total. The molecule has 7 heteroatoms. The van der Waals surface area contributed by atoms with Crippen LogP contribution in [0.1, 0.15) is 24.1 Å². The molecular formula is C16H15Cl2N3OS. The molecule has 0 heterocycles. The van der Waals surface area contributed by atoms with E-state index < -0.39 is 0 Å². The lowest BCUT2D eigenvalue weighted by atomic mass is 10.1. The maximum absolute atomic E-state index is 9.82. The molecule has 0 bridgehead atoms. The first-order chi connectivity index (χ1) is 11.0. The number of halogens is 2. The van der Waals surface area contributed by atoms with Gasteiger partial charge in [-0.15, -0.1) is 0 Å². The number of phenols is 1. The van der Waals surface area contributed by atoms with Crippen LogP contribution in [-0.4, -0.2) is 16.4 Å². The van der Waals surface area contributed by atoms with Crippen molar-refractivity contribution in [3.8, 4) is 5.75 Å². The molecule has 0 amide bonds. The van der Waals surface area contributed by atoms with Gasteiger partial charge in [0.2, 0.25) is 0 Å². The Morgan fingerprint density at radius 3 is 2.65 bits per heavy atom. The first-order valence-corrected chi connectivity index (χ1v) is 7.96. The highest BCUT2D eigenvalue weighted by atomic mass is 35.5. The lowest BCUT2D eigenvalue weighted by molar-refractivity contribution is 0.474. The predicted octanol–water partition coefficient (Wildman–Crippen LogP) is 4.26. The summed E-state index contributed by atoms with van der Waals surface area (Å²) in [4.78, 5) is 0. The Morgan fingerprint density at radius 1 is 1.26 bits per heavy atom. The van der Waals surface area contributed by atoms with E-state index in [4.69, 9.17) is 35.4 Å². The monoisotopic (exact) mass is 367 g/mol. The summed E-state index contributed by atoms with van der Waals surface area (Å²) in [5.41, 5.74) is 4.20. The minimum Gasteiger partial charge on any atom is -0.506 e. The van der Waals surface area contributed by atoms with Crippen LogP contribution in [0.25, 0.3) is 0 Å². The molecule has 2 aromatic carbocycles. The number of hydrogen-bond acceptors (Lipinski definition) is 3. The SMILES string of the molecule is C[C@@H](NC(=S)N/N=C\c1cc(Cl)cc(Cl)c1O)c1ccccc1. The minimum atomic E-state index is -0.0850. The number of nitrogens with one attached hydrogen (secondary N) is 2. The highest BCUT2D eigenvalue weighted by Gasteiger charge is 2.07. The average molecular weight is 368 g/mol. The minimum absolute atomic E-state index is 0.0421. The van der Waals surface area contributed by atoms with Crippen molar-refractivity contribution < 1.29 is 5.11 Å². The van der Waals surface area contributed by atoms with E-state index in [1.54, 1.807) is 6.07 Å². The third-order valence-corrected chi connectivity index (χ3v) is 3.79. The number of nitrogens with zero attached hydrogens (tertiary/aromatic N) is 1. The van der Waals surface area contributed by atoms with Crippen molar-refractivity contribution in [2.24, 2.45) is 5.10 Å². The number of aromatic hydroxyl groups is 1. The average Bonchev–Trinajstić information content (AvgIpc) is 2.52. The van der Waals surface area contributed by atoms with Crippen LogP contribution in [0.4, 0.5) is 0 Å². The Bertz CT molecular complexity index is 723. The van der Waals surface area contributed by atoms with Crippen LogP contribution in [0.15, 0.2) is 47.6 Å². The molecule has 0 radical (unpaired) electrons. The predicted molar refractivity (Wildman–Crippen MR) is 99.4 cm³/mol. The van der Waals surface area contributed by atoms with Crippen LogP contribution in [-0.2, 0) is 0 Å². The Kier molecular flexibility index (Phi) is 6.21. The molecule has 0 aromatic heterocycles. The summed E-state index contributed by atoms with van der Waals surface area (Å²) in [5, 5.41) is 17.9. The molecular weight excluding hydrogens is 353 g/mol. The molecule has 0 spiro atoms. The van der Waals surface area contributed by atoms with Gasteiger partial charge in [-0.05, 0) is 36.8 Å². The van der Waals surface area contributed by atoms with E-state index in [1.807, 2.05) is 37.3 Å². The molecule has 0 saturated carbocycles. The molecule has 2 aromatic rings. The normalized spacial score (nSPS) is 12.1. The summed E-state index contributed by atoms with van der Waals surface area (Å²) >= 11 is 16.9. The van der Waals surface area contributed by atoms with Crippen molar-refractivity contribution in [3.05, 3.63) is 63.6 Å². The van der Waals surface area contributed by atoms with Crippen LogP contribution in [0.3, 0.4) is 0 Å². The summed E-state index contributed by atoms with van der Waals surface area (Å²) < 4.78 is 0. The zero-order valence-corrected chi connectivity index (χ0v) is 14.6. The summed E-state index contributed by atoms with van der Waals surface area (Å²) in [5.74, 6) is -0.0850. The second-order valence-corrected chi connectivity index (χ2v) is 6.05. The van der Waals surface area contributed by atoms with Crippen LogP contribution in [0, 0.1) is 0 Å². The fraction of sp³-hybridized carbons (Fsp3) is 0.125. The second-order valence-electron chi connectivity index (χ2n) is 4.80. The van der Waals surface area contributed by atoms with Crippen LogP contribution in [0.5, 0.6) is 5.75 Å². The lowest BCUT2D eigenvalue weighted by Crippen LogP contribution is -2.34. The van der Waals surface area contributed by atoms with Crippen LogP contribution in [0.2, 0.25) is 10.0 Å². The molecule has 0 fully saturated rings. The molecule has 2 rings (SSSR count). The Balaban J connectivity index is 1.94. The maximum Gasteiger partial charge on any atom is 0.187 e. The largest absolute Gasteiger partial charge is 0.506 e. The van der Waals surface area contributed by atoms with Gasteiger partial charge in [-0.1, -0.05) is 53.5 Å². The molecule has 0 aliphatic heterocycles. The summed E-state index contributed by atoms with van der Waals surface area (Å²) in [6, 6.07) is 13.0. The van der Waals surface area contributed by atoms with Crippen molar-refractivity contribution in [3.63, 3.8) is 0 Å². The zero-order chi connectivity index (χ0) is 16.8. The van der Waals surface area contributed by atoms with Gasteiger partial charge in [0.05, 0.1) is 17.3 Å². The van der Waals surface area contributed by atoms with Gasteiger partial charge >= 0.3 is 0 Å². The number of benzene rings is 2. The van der Waals surface area contributed by atoms with Gasteiger partial charge in [-0.25, -0.2) is 0 Å². The highest BCUT2D eigenvalue weighted by molar-refractivity contribution is 7.80. The molecule has 120 valence electrons. The molecule has 4 nitrogen and oxygen atoms in total. The highest BCUT2D eigenvalue weighted by Crippen LogP contribution is 2.29. The topological polar surface area (TPSA) is 56.7 Å². The fourth-order valence-electron chi connectivity index (χ4n) is 1.90. The third-order valence-electron chi connectivity index (χ3n) is 3.07. The van der Waals surface area contributed by atoms with Gasteiger partial charge in [0.15, 0.2) is 5.11 Å².